The summed E-state index contributed by atoms with van der Waals surface area (Å²) in [6, 6.07) is 20.4. The number of rotatable bonds is 7. The Hall–Kier alpha value is -4.33. The van der Waals surface area contributed by atoms with Crippen molar-refractivity contribution in [3.8, 4) is 22.8 Å². The molecule has 0 aliphatic heterocycles. The average Bonchev–Trinajstić information content (AvgIpc) is 3.47. The number of hydrogen-bond acceptors (Lipinski definition) is 4. The van der Waals surface area contributed by atoms with E-state index in [1.54, 1.807) is 35.5 Å². The highest BCUT2D eigenvalue weighted by Gasteiger charge is 2.20. The Kier molecular flexibility index (Phi) is 6.10. The quantitative estimate of drug-likeness (QED) is 0.322. The standard InChI is InChI=1S/C28H27FN4O3/c1-18(20-10-11-24-25(15-20)32(3)28(34)31(24)2)33-23(12-13-30-33)21-14-22(29)27(26(16-21)35-4)36-17-19-8-6-5-7-9-19/h5-16,18H,17H2,1-4H3/t18-/m1/s1. The fourth-order valence-corrected chi connectivity index (χ4v) is 4.51. The molecular formula is C28H27FN4O3. The summed E-state index contributed by atoms with van der Waals surface area (Å²) in [7, 11) is 5.01. The minimum Gasteiger partial charge on any atom is -0.493 e. The molecule has 0 saturated carbocycles. The first kappa shape index (κ1) is 23.4. The number of fused-ring (bicyclic) bond motifs is 1. The third-order valence-electron chi connectivity index (χ3n) is 6.57. The molecule has 2 heterocycles. The van der Waals surface area contributed by atoms with Crippen LogP contribution in [-0.2, 0) is 20.7 Å². The maximum Gasteiger partial charge on any atom is 0.328 e. The maximum absolute atomic E-state index is 15.2. The smallest absolute Gasteiger partial charge is 0.328 e. The Bertz CT molecular complexity index is 1600. The number of methoxy groups -OCH3 is 1. The summed E-state index contributed by atoms with van der Waals surface area (Å²) in [6.07, 6.45) is 1.69. The molecule has 5 rings (SSSR count). The highest BCUT2D eigenvalue weighted by molar-refractivity contribution is 5.77. The largest absolute Gasteiger partial charge is 0.493 e. The highest BCUT2D eigenvalue weighted by atomic mass is 19.1. The van der Waals surface area contributed by atoms with Gasteiger partial charge in [-0.05, 0) is 48.4 Å². The van der Waals surface area contributed by atoms with Crippen LogP contribution in [0.2, 0.25) is 0 Å². The molecule has 0 N–H and O–H groups in total. The van der Waals surface area contributed by atoms with Gasteiger partial charge in [0.2, 0.25) is 0 Å². The zero-order valence-electron chi connectivity index (χ0n) is 20.6. The molecule has 0 fully saturated rings. The van der Waals surface area contributed by atoms with Crippen LogP contribution < -0.4 is 15.2 Å². The van der Waals surface area contributed by atoms with Crippen molar-refractivity contribution in [2.45, 2.75) is 19.6 Å². The molecule has 3 aromatic carbocycles. The fraction of sp³-hybridized carbons (Fsp3) is 0.214. The second-order valence-corrected chi connectivity index (χ2v) is 8.75. The van der Waals surface area contributed by atoms with Gasteiger partial charge < -0.3 is 9.47 Å². The molecule has 0 bridgehead atoms. The van der Waals surface area contributed by atoms with Crippen molar-refractivity contribution in [3.05, 3.63) is 100 Å². The van der Waals surface area contributed by atoms with Gasteiger partial charge in [-0.2, -0.15) is 5.10 Å². The van der Waals surface area contributed by atoms with Crippen molar-refractivity contribution in [3.63, 3.8) is 0 Å². The van der Waals surface area contributed by atoms with Gasteiger partial charge in [-0.3, -0.25) is 13.8 Å². The number of ether oxygens (including phenoxy) is 2. The molecule has 36 heavy (non-hydrogen) atoms. The molecule has 2 aromatic heterocycles. The van der Waals surface area contributed by atoms with E-state index in [0.29, 0.717) is 11.3 Å². The first-order chi connectivity index (χ1) is 17.4. The molecule has 0 aliphatic carbocycles. The number of imidazole rings is 1. The predicted octanol–water partition coefficient (Wildman–Crippen LogP) is 5.08. The van der Waals surface area contributed by atoms with Crippen LogP contribution in [0.4, 0.5) is 4.39 Å². The lowest BCUT2D eigenvalue weighted by molar-refractivity contribution is 0.270. The van der Waals surface area contributed by atoms with Gasteiger partial charge in [-0.15, -0.1) is 0 Å². The van der Waals surface area contributed by atoms with Gasteiger partial charge >= 0.3 is 5.69 Å². The molecule has 0 radical (unpaired) electrons. The third-order valence-corrected chi connectivity index (χ3v) is 6.57. The van der Waals surface area contributed by atoms with E-state index < -0.39 is 5.82 Å². The molecule has 0 amide bonds. The average molecular weight is 487 g/mol. The molecule has 1 atom stereocenters. The Balaban J connectivity index is 1.48. The van der Waals surface area contributed by atoms with Crippen molar-refractivity contribution in [1.29, 1.82) is 0 Å². The van der Waals surface area contributed by atoms with Gasteiger partial charge in [0.25, 0.3) is 0 Å². The van der Waals surface area contributed by atoms with Crippen molar-refractivity contribution in [1.82, 2.24) is 18.9 Å². The number of halogens is 1. The zero-order chi connectivity index (χ0) is 25.4. The second kappa shape index (κ2) is 9.37. The number of aryl methyl sites for hydroxylation is 2. The number of aromatic nitrogens is 4. The highest BCUT2D eigenvalue weighted by Crippen LogP contribution is 2.37. The minimum atomic E-state index is -0.513. The Morgan fingerprint density at radius 1 is 0.972 bits per heavy atom. The lowest BCUT2D eigenvalue weighted by Crippen LogP contribution is -2.19. The van der Waals surface area contributed by atoms with Gasteiger partial charge in [0.05, 0.1) is 29.9 Å². The molecule has 8 heteroatoms. The van der Waals surface area contributed by atoms with Crippen LogP contribution in [0.5, 0.6) is 11.5 Å². The van der Waals surface area contributed by atoms with E-state index in [4.69, 9.17) is 9.47 Å². The van der Waals surface area contributed by atoms with Crippen molar-refractivity contribution in [2.24, 2.45) is 14.1 Å². The summed E-state index contributed by atoms with van der Waals surface area (Å²) in [5.41, 5.74) is 4.88. The minimum absolute atomic E-state index is 0.0691. The lowest BCUT2D eigenvalue weighted by Gasteiger charge is -2.18. The summed E-state index contributed by atoms with van der Waals surface area (Å²) in [4.78, 5) is 12.3. The van der Waals surface area contributed by atoms with E-state index in [-0.39, 0.29) is 24.1 Å². The Morgan fingerprint density at radius 2 is 1.72 bits per heavy atom. The van der Waals surface area contributed by atoms with Crippen LogP contribution in [0.1, 0.15) is 24.1 Å². The Labute approximate surface area is 207 Å². The molecule has 0 unspecified atom stereocenters. The predicted molar refractivity (Wildman–Crippen MR) is 137 cm³/mol. The van der Waals surface area contributed by atoms with Crippen LogP contribution in [0, 0.1) is 5.82 Å². The summed E-state index contributed by atoms with van der Waals surface area (Å²) < 4.78 is 31.6. The molecule has 184 valence electrons. The SMILES string of the molecule is COc1cc(-c2ccnn2[C@H](C)c2ccc3c(c2)n(C)c(=O)n3C)cc(F)c1OCc1ccccc1. The normalized spacial score (nSPS) is 12.1. The van der Waals surface area contributed by atoms with Gasteiger partial charge in [-0.1, -0.05) is 36.4 Å². The van der Waals surface area contributed by atoms with Gasteiger partial charge in [0.15, 0.2) is 17.3 Å². The first-order valence-corrected chi connectivity index (χ1v) is 11.6. The van der Waals surface area contributed by atoms with Crippen LogP contribution >= 0.6 is 0 Å². The lowest BCUT2D eigenvalue weighted by atomic mass is 10.1. The number of hydrogen-bond donors (Lipinski definition) is 0. The monoisotopic (exact) mass is 486 g/mol. The van der Waals surface area contributed by atoms with Gasteiger partial charge in [-0.25, -0.2) is 9.18 Å². The van der Waals surface area contributed by atoms with Crippen molar-refractivity contribution >= 4 is 11.0 Å². The van der Waals surface area contributed by atoms with Crippen molar-refractivity contribution < 1.29 is 13.9 Å². The molecule has 5 aromatic rings. The van der Waals surface area contributed by atoms with Gasteiger partial charge in [0.1, 0.15) is 6.61 Å². The molecular weight excluding hydrogens is 459 g/mol. The van der Waals surface area contributed by atoms with E-state index in [2.05, 4.69) is 5.10 Å². The zero-order valence-corrected chi connectivity index (χ0v) is 20.6. The van der Waals surface area contributed by atoms with Crippen LogP contribution in [-0.4, -0.2) is 26.0 Å². The molecule has 0 aliphatic rings. The summed E-state index contributed by atoms with van der Waals surface area (Å²) in [5.74, 6) is -0.136. The van der Waals surface area contributed by atoms with Crippen LogP contribution in [0.3, 0.4) is 0 Å². The summed E-state index contributed by atoms with van der Waals surface area (Å²) in [6.45, 7) is 2.25. The van der Waals surface area contributed by atoms with E-state index in [1.807, 2.05) is 66.2 Å². The number of nitrogens with zero attached hydrogens (tertiary/aromatic N) is 4. The first-order valence-electron chi connectivity index (χ1n) is 11.6. The van der Waals surface area contributed by atoms with Crippen LogP contribution in [0.15, 0.2) is 77.7 Å². The second-order valence-electron chi connectivity index (χ2n) is 8.75. The summed E-state index contributed by atoms with van der Waals surface area (Å²) in [5, 5.41) is 4.53. The third kappa shape index (κ3) is 4.04. The van der Waals surface area contributed by atoms with Crippen molar-refractivity contribution in [2.75, 3.05) is 7.11 Å². The topological polar surface area (TPSA) is 63.2 Å². The van der Waals surface area contributed by atoms with E-state index in [0.717, 1.165) is 27.9 Å². The number of benzene rings is 3. The summed E-state index contributed by atoms with van der Waals surface area (Å²) >= 11 is 0. The van der Waals surface area contributed by atoms with E-state index in [1.165, 1.54) is 13.2 Å². The maximum atomic E-state index is 15.2. The Morgan fingerprint density at radius 3 is 2.47 bits per heavy atom. The molecule has 7 nitrogen and oxygen atoms in total. The molecule has 0 saturated heterocycles. The van der Waals surface area contributed by atoms with E-state index >= 15 is 4.39 Å². The van der Waals surface area contributed by atoms with Crippen LogP contribution in [0.25, 0.3) is 22.3 Å². The van der Waals surface area contributed by atoms with Gasteiger partial charge in [0, 0.05) is 25.9 Å². The molecule has 0 spiro atoms. The fourth-order valence-electron chi connectivity index (χ4n) is 4.51. The van der Waals surface area contributed by atoms with E-state index in [9.17, 15) is 4.79 Å².